The van der Waals surface area contributed by atoms with Crippen LogP contribution in [0.15, 0.2) is 6.20 Å². The van der Waals surface area contributed by atoms with Crippen LogP contribution in [-0.2, 0) is 24.6 Å². The Kier molecular flexibility index (Phi) is 4.15. The third-order valence-corrected chi connectivity index (χ3v) is 5.04. The van der Waals surface area contributed by atoms with Gasteiger partial charge in [0.2, 0.25) is 5.95 Å². The maximum Gasteiger partial charge on any atom is 0.359 e. The molecule has 1 saturated carbocycles. The molecule has 0 aromatic carbocycles. The molecule has 7 nitrogen and oxygen atoms in total. The van der Waals surface area contributed by atoms with Crippen LogP contribution < -0.4 is 5.32 Å². The minimum Gasteiger partial charge on any atom is -0.461 e. The number of nitrogens with one attached hydrogen (secondary N) is 1. The number of carbonyl (C=O) groups is 1. The first kappa shape index (κ1) is 16.1. The molecular formula is C18H23N5O2. The van der Waals surface area contributed by atoms with Gasteiger partial charge in [0.15, 0.2) is 5.69 Å². The molecule has 0 amide bonds. The molecule has 2 aromatic rings. The van der Waals surface area contributed by atoms with Crippen molar-refractivity contribution < 1.29 is 9.53 Å². The van der Waals surface area contributed by atoms with Crippen LogP contribution in [0.4, 0.5) is 5.95 Å². The molecule has 0 spiro atoms. The minimum atomic E-state index is -0.360. The number of nitrogens with zero attached hydrogens (tertiary/aromatic N) is 4. The summed E-state index contributed by atoms with van der Waals surface area (Å²) in [6, 6.07) is 0.461. The zero-order valence-electron chi connectivity index (χ0n) is 14.7. The molecule has 0 unspecified atom stereocenters. The SMILES string of the molecule is CCOC(=O)c1nn(C)c2c1CCc1cnc(NC3CCCC3)nc1-2. The van der Waals surface area contributed by atoms with Crippen LogP contribution in [0.5, 0.6) is 0 Å². The van der Waals surface area contributed by atoms with Crippen molar-refractivity contribution in [3.05, 3.63) is 23.0 Å². The zero-order valence-corrected chi connectivity index (χ0v) is 14.7. The van der Waals surface area contributed by atoms with Crippen molar-refractivity contribution in [1.82, 2.24) is 19.7 Å². The lowest BCUT2D eigenvalue weighted by molar-refractivity contribution is 0.0517. The summed E-state index contributed by atoms with van der Waals surface area (Å²) in [4.78, 5) is 21.4. The number of rotatable bonds is 4. The third kappa shape index (κ3) is 2.88. The summed E-state index contributed by atoms with van der Waals surface area (Å²) in [6.45, 7) is 2.15. The lowest BCUT2D eigenvalue weighted by Crippen LogP contribution is -2.18. The van der Waals surface area contributed by atoms with Crippen LogP contribution in [0.1, 0.15) is 54.2 Å². The van der Waals surface area contributed by atoms with E-state index >= 15 is 0 Å². The van der Waals surface area contributed by atoms with Gasteiger partial charge in [0.1, 0.15) is 0 Å². The predicted octanol–water partition coefficient (Wildman–Crippen LogP) is 2.51. The Labute approximate surface area is 146 Å². The fourth-order valence-corrected chi connectivity index (χ4v) is 3.84. The van der Waals surface area contributed by atoms with Crippen LogP contribution in [0.3, 0.4) is 0 Å². The molecule has 0 aliphatic heterocycles. The summed E-state index contributed by atoms with van der Waals surface area (Å²) in [5.74, 6) is 0.304. The Morgan fingerprint density at radius 3 is 2.92 bits per heavy atom. The molecule has 25 heavy (non-hydrogen) atoms. The van der Waals surface area contributed by atoms with Crippen LogP contribution in [0.2, 0.25) is 0 Å². The highest BCUT2D eigenvalue weighted by molar-refractivity contribution is 5.91. The van der Waals surface area contributed by atoms with Crippen molar-refractivity contribution in [3.8, 4) is 11.4 Å². The van der Waals surface area contributed by atoms with E-state index in [1.807, 2.05) is 13.2 Å². The van der Waals surface area contributed by atoms with Crippen molar-refractivity contribution in [2.24, 2.45) is 7.05 Å². The molecule has 132 valence electrons. The van der Waals surface area contributed by atoms with Crippen molar-refractivity contribution >= 4 is 11.9 Å². The van der Waals surface area contributed by atoms with Gasteiger partial charge in [-0.3, -0.25) is 4.68 Å². The predicted molar refractivity (Wildman–Crippen MR) is 93.5 cm³/mol. The van der Waals surface area contributed by atoms with E-state index in [9.17, 15) is 4.79 Å². The molecule has 0 saturated heterocycles. The highest BCUT2D eigenvalue weighted by Crippen LogP contribution is 2.34. The summed E-state index contributed by atoms with van der Waals surface area (Å²) < 4.78 is 6.89. The van der Waals surface area contributed by atoms with E-state index in [0.717, 1.165) is 35.4 Å². The summed E-state index contributed by atoms with van der Waals surface area (Å²) in [5.41, 5.74) is 4.22. The Bertz CT molecular complexity index is 808. The lowest BCUT2D eigenvalue weighted by Gasteiger charge is -2.18. The number of esters is 1. The lowest BCUT2D eigenvalue weighted by atomic mass is 9.93. The summed E-state index contributed by atoms with van der Waals surface area (Å²) in [5, 5.41) is 7.85. The van der Waals surface area contributed by atoms with E-state index < -0.39 is 0 Å². The Morgan fingerprint density at radius 1 is 1.36 bits per heavy atom. The smallest absolute Gasteiger partial charge is 0.359 e. The van der Waals surface area contributed by atoms with Gasteiger partial charge in [-0.15, -0.1) is 0 Å². The minimum absolute atomic E-state index is 0.346. The van der Waals surface area contributed by atoms with Gasteiger partial charge in [0.25, 0.3) is 0 Å². The maximum absolute atomic E-state index is 12.2. The van der Waals surface area contributed by atoms with Crippen molar-refractivity contribution in [2.45, 2.75) is 51.5 Å². The second kappa shape index (κ2) is 6.46. The van der Waals surface area contributed by atoms with E-state index in [1.54, 1.807) is 11.6 Å². The van der Waals surface area contributed by atoms with Gasteiger partial charge in [0, 0.05) is 24.8 Å². The van der Waals surface area contributed by atoms with E-state index in [4.69, 9.17) is 9.72 Å². The number of hydrogen-bond donors (Lipinski definition) is 1. The molecule has 2 heterocycles. The van der Waals surface area contributed by atoms with Gasteiger partial charge >= 0.3 is 5.97 Å². The molecule has 1 N–H and O–H groups in total. The van der Waals surface area contributed by atoms with Gasteiger partial charge in [-0.05, 0) is 38.2 Å². The van der Waals surface area contributed by atoms with Crippen molar-refractivity contribution in [2.75, 3.05) is 11.9 Å². The van der Waals surface area contributed by atoms with E-state index in [0.29, 0.717) is 24.3 Å². The van der Waals surface area contributed by atoms with Crippen molar-refractivity contribution in [1.29, 1.82) is 0 Å². The Morgan fingerprint density at radius 2 is 2.16 bits per heavy atom. The maximum atomic E-state index is 12.2. The first-order valence-electron chi connectivity index (χ1n) is 9.03. The molecular weight excluding hydrogens is 318 g/mol. The first-order valence-corrected chi connectivity index (χ1v) is 9.03. The molecule has 1 fully saturated rings. The highest BCUT2D eigenvalue weighted by atomic mass is 16.5. The van der Waals surface area contributed by atoms with Gasteiger partial charge in [-0.2, -0.15) is 5.10 Å². The quantitative estimate of drug-likeness (QED) is 0.861. The van der Waals surface area contributed by atoms with Crippen LogP contribution >= 0.6 is 0 Å². The highest BCUT2D eigenvalue weighted by Gasteiger charge is 2.29. The molecule has 7 heteroatoms. The third-order valence-electron chi connectivity index (χ3n) is 5.04. The number of anilines is 1. The first-order chi connectivity index (χ1) is 12.2. The van der Waals surface area contributed by atoms with Crippen LogP contribution in [-0.4, -0.2) is 38.4 Å². The standard InChI is InChI=1S/C18H23N5O2/c1-3-25-17(24)15-13-9-8-11-10-19-18(20-12-6-4-5-7-12)21-14(11)16(13)23(2)22-15/h10,12H,3-9H2,1-2H3,(H,19,20,21). The number of aryl methyl sites for hydroxylation is 2. The van der Waals surface area contributed by atoms with E-state index in [-0.39, 0.29) is 5.97 Å². The van der Waals surface area contributed by atoms with Gasteiger partial charge < -0.3 is 10.1 Å². The monoisotopic (exact) mass is 341 g/mol. The molecule has 2 aliphatic rings. The second-order valence-corrected chi connectivity index (χ2v) is 6.71. The topological polar surface area (TPSA) is 81.9 Å². The number of aromatic nitrogens is 4. The van der Waals surface area contributed by atoms with Crippen molar-refractivity contribution in [3.63, 3.8) is 0 Å². The average Bonchev–Trinajstić information content (AvgIpc) is 3.23. The number of hydrogen-bond acceptors (Lipinski definition) is 6. The summed E-state index contributed by atoms with van der Waals surface area (Å²) in [6.07, 6.45) is 8.33. The molecule has 0 bridgehead atoms. The fraction of sp³-hybridized carbons (Fsp3) is 0.556. The fourth-order valence-electron chi connectivity index (χ4n) is 3.84. The Hall–Kier alpha value is -2.44. The van der Waals surface area contributed by atoms with Gasteiger partial charge in [-0.1, -0.05) is 12.8 Å². The van der Waals surface area contributed by atoms with Crippen LogP contribution in [0, 0.1) is 0 Å². The molecule has 2 aromatic heterocycles. The summed E-state index contributed by atoms with van der Waals surface area (Å²) >= 11 is 0. The normalized spacial score (nSPS) is 16.4. The van der Waals surface area contributed by atoms with E-state index in [1.165, 1.54) is 25.7 Å². The Balaban J connectivity index is 1.71. The molecule has 0 atom stereocenters. The van der Waals surface area contributed by atoms with Gasteiger partial charge in [-0.25, -0.2) is 14.8 Å². The number of fused-ring (bicyclic) bond motifs is 3. The van der Waals surface area contributed by atoms with E-state index in [2.05, 4.69) is 15.4 Å². The molecule has 2 aliphatic carbocycles. The zero-order chi connectivity index (χ0) is 17.4. The number of ether oxygens (including phenoxy) is 1. The largest absolute Gasteiger partial charge is 0.461 e. The summed E-state index contributed by atoms with van der Waals surface area (Å²) in [7, 11) is 1.85. The van der Waals surface area contributed by atoms with Crippen LogP contribution in [0.25, 0.3) is 11.4 Å². The second-order valence-electron chi connectivity index (χ2n) is 6.71. The number of carbonyl (C=O) groups excluding carboxylic acids is 1. The molecule has 0 radical (unpaired) electrons. The molecule has 4 rings (SSSR count). The van der Waals surface area contributed by atoms with Gasteiger partial charge in [0.05, 0.1) is 18.0 Å². The average molecular weight is 341 g/mol.